The van der Waals surface area contributed by atoms with E-state index >= 15 is 0 Å². The molecule has 1 aromatic carbocycles. The number of nitrogens with zero attached hydrogens (tertiary/aromatic N) is 2. The third-order valence-corrected chi connectivity index (χ3v) is 6.53. The summed E-state index contributed by atoms with van der Waals surface area (Å²) in [6.07, 6.45) is 8.51. The Bertz CT molecular complexity index is 674. The molecule has 0 radical (unpaired) electrons. The van der Waals surface area contributed by atoms with Gasteiger partial charge in [0.25, 0.3) is 0 Å². The van der Waals surface area contributed by atoms with Crippen molar-refractivity contribution in [2.45, 2.75) is 56.6 Å². The minimum absolute atomic E-state index is 0. The molecule has 2 aliphatic heterocycles. The van der Waals surface area contributed by atoms with Crippen molar-refractivity contribution < 1.29 is 4.74 Å². The van der Waals surface area contributed by atoms with E-state index in [1.807, 2.05) is 7.05 Å². The second kappa shape index (κ2) is 9.65. The van der Waals surface area contributed by atoms with Gasteiger partial charge in [-0.05, 0) is 64.1 Å². The largest absolute Gasteiger partial charge is 0.487 e. The fourth-order valence-corrected chi connectivity index (χ4v) is 5.11. The zero-order chi connectivity index (χ0) is 18.7. The molecule has 2 atom stereocenters. The van der Waals surface area contributed by atoms with Crippen molar-refractivity contribution in [3.05, 3.63) is 29.8 Å². The Hall–Kier alpha value is -1.02. The van der Waals surface area contributed by atoms with E-state index in [1.165, 1.54) is 57.2 Å². The molecular formula is C22H35IN4O. The van der Waals surface area contributed by atoms with Crippen LogP contribution in [0.3, 0.4) is 0 Å². The van der Waals surface area contributed by atoms with Crippen LogP contribution in [-0.2, 0) is 0 Å². The number of fused-ring (bicyclic) bond motifs is 1. The lowest BCUT2D eigenvalue weighted by molar-refractivity contribution is 0.0396. The highest BCUT2D eigenvalue weighted by molar-refractivity contribution is 14.0. The Morgan fingerprint density at radius 1 is 1.25 bits per heavy atom. The van der Waals surface area contributed by atoms with E-state index in [0.29, 0.717) is 5.92 Å². The SMILES string of the molecule is CN=C(NCC1CCCN(C)C1)NC1CC2(CCCC2)Oc2ccccc21.I. The Morgan fingerprint density at radius 3 is 2.79 bits per heavy atom. The molecule has 1 aliphatic carbocycles. The molecule has 156 valence electrons. The topological polar surface area (TPSA) is 48.9 Å². The van der Waals surface area contributed by atoms with E-state index in [4.69, 9.17) is 4.74 Å². The monoisotopic (exact) mass is 498 g/mol. The van der Waals surface area contributed by atoms with Crippen LogP contribution in [0.1, 0.15) is 56.6 Å². The van der Waals surface area contributed by atoms with Crippen molar-refractivity contribution >= 4 is 29.9 Å². The first-order valence-corrected chi connectivity index (χ1v) is 10.6. The molecule has 2 N–H and O–H groups in total. The molecule has 2 heterocycles. The summed E-state index contributed by atoms with van der Waals surface area (Å²) in [5.41, 5.74) is 1.27. The zero-order valence-corrected chi connectivity index (χ0v) is 19.6. The van der Waals surface area contributed by atoms with E-state index in [1.54, 1.807) is 0 Å². The number of nitrogens with one attached hydrogen (secondary N) is 2. The quantitative estimate of drug-likeness (QED) is 0.377. The van der Waals surface area contributed by atoms with Crippen molar-refractivity contribution in [2.24, 2.45) is 10.9 Å². The highest BCUT2D eigenvalue weighted by Crippen LogP contribution is 2.46. The van der Waals surface area contributed by atoms with E-state index in [9.17, 15) is 0 Å². The number of hydrogen-bond acceptors (Lipinski definition) is 3. The number of likely N-dealkylation sites (tertiary alicyclic amines) is 1. The number of piperidine rings is 1. The second-order valence-electron chi connectivity index (χ2n) is 8.65. The summed E-state index contributed by atoms with van der Waals surface area (Å²) in [5, 5.41) is 7.30. The van der Waals surface area contributed by atoms with Gasteiger partial charge in [0, 0.05) is 32.1 Å². The summed E-state index contributed by atoms with van der Waals surface area (Å²) in [5.74, 6) is 2.66. The Kier molecular flexibility index (Phi) is 7.48. The predicted molar refractivity (Wildman–Crippen MR) is 126 cm³/mol. The maximum absolute atomic E-state index is 6.49. The van der Waals surface area contributed by atoms with Crippen molar-refractivity contribution in [1.82, 2.24) is 15.5 Å². The summed E-state index contributed by atoms with van der Waals surface area (Å²) >= 11 is 0. The number of aliphatic imine (C=N–C) groups is 1. The van der Waals surface area contributed by atoms with Gasteiger partial charge >= 0.3 is 0 Å². The van der Waals surface area contributed by atoms with Gasteiger partial charge in [0.1, 0.15) is 11.4 Å². The van der Waals surface area contributed by atoms with Gasteiger partial charge < -0.3 is 20.3 Å². The molecule has 0 aromatic heterocycles. The average Bonchev–Trinajstić information content (AvgIpc) is 3.12. The molecule has 1 saturated carbocycles. The molecule has 2 unspecified atom stereocenters. The highest BCUT2D eigenvalue weighted by atomic mass is 127. The Morgan fingerprint density at radius 2 is 2.04 bits per heavy atom. The van der Waals surface area contributed by atoms with E-state index in [0.717, 1.165) is 24.7 Å². The normalized spacial score (nSPS) is 26.9. The molecule has 2 fully saturated rings. The first-order valence-electron chi connectivity index (χ1n) is 10.6. The lowest BCUT2D eigenvalue weighted by atomic mass is 9.86. The van der Waals surface area contributed by atoms with Crippen LogP contribution in [0.5, 0.6) is 5.75 Å². The van der Waals surface area contributed by atoms with E-state index < -0.39 is 0 Å². The minimum Gasteiger partial charge on any atom is -0.487 e. The molecule has 0 amide bonds. The summed E-state index contributed by atoms with van der Waals surface area (Å²) in [4.78, 5) is 6.95. The molecule has 3 aliphatic rings. The lowest BCUT2D eigenvalue weighted by Crippen LogP contribution is -2.48. The van der Waals surface area contributed by atoms with Crippen molar-refractivity contribution in [3.63, 3.8) is 0 Å². The maximum Gasteiger partial charge on any atom is 0.191 e. The smallest absolute Gasteiger partial charge is 0.191 e. The number of guanidine groups is 1. The van der Waals surface area contributed by atoms with Crippen LogP contribution in [0.2, 0.25) is 0 Å². The molecule has 0 bridgehead atoms. The van der Waals surface area contributed by atoms with E-state index in [2.05, 4.69) is 51.8 Å². The van der Waals surface area contributed by atoms with Crippen LogP contribution in [0, 0.1) is 5.92 Å². The molecule has 1 saturated heterocycles. The minimum atomic E-state index is 0. The van der Waals surface area contributed by atoms with Gasteiger partial charge in [-0.15, -0.1) is 24.0 Å². The number of para-hydroxylation sites is 1. The first-order chi connectivity index (χ1) is 13.2. The first kappa shape index (κ1) is 21.7. The summed E-state index contributed by atoms with van der Waals surface area (Å²) < 4.78 is 6.49. The predicted octanol–water partition coefficient (Wildman–Crippen LogP) is 3.95. The highest BCUT2D eigenvalue weighted by Gasteiger charge is 2.43. The van der Waals surface area contributed by atoms with Crippen molar-refractivity contribution in [1.29, 1.82) is 0 Å². The van der Waals surface area contributed by atoms with E-state index in [-0.39, 0.29) is 35.6 Å². The van der Waals surface area contributed by atoms with Gasteiger partial charge in [0.2, 0.25) is 0 Å². The van der Waals surface area contributed by atoms with Crippen LogP contribution in [0.4, 0.5) is 0 Å². The molecule has 28 heavy (non-hydrogen) atoms. The fraction of sp³-hybridized carbons (Fsp3) is 0.682. The summed E-state index contributed by atoms with van der Waals surface area (Å²) in [6, 6.07) is 8.76. The summed E-state index contributed by atoms with van der Waals surface area (Å²) in [7, 11) is 4.10. The van der Waals surface area contributed by atoms with Crippen molar-refractivity contribution in [2.75, 3.05) is 33.7 Å². The third kappa shape index (κ3) is 4.93. The Labute approximate surface area is 186 Å². The van der Waals surface area contributed by atoms with Gasteiger partial charge in [-0.2, -0.15) is 0 Å². The molecule has 1 spiro atoms. The molecule has 1 aromatic rings. The van der Waals surface area contributed by atoms with Crippen molar-refractivity contribution in [3.8, 4) is 5.75 Å². The zero-order valence-electron chi connectivity index (χ0n) is 17.2. The van der Waals surface area contributed by atoms with Crippen LogP contribution in [0.25, 0.3) is 0 Å². The summed E-state index contributed by atoms with van der Waals surface area (Å²) in [6.45, 7) is 3.39. The van der Waals surface area contributed by atoms with Crippen LogP contribution >= 0.6 is 24.0 Å². The van der Waals surface area contributed by atoms with Crippen LogP contribution < -0.4 is 15.4 Å². The maximum atomic E-state index is 6.49. The second-order valence-corrected chi connectivity index (χ2v) is 8.65. The molecule has 5 nitrogen and oxygen atoms in total. The van der Waals surface area contributed by atoms with Crippen LogP contribution in [-0.4, -0.2) is 50.2 Å². The van der Waals surface area contributed by atoms with Gasteiger partial charge in [-0.3, -0.25) is 4.99 Å². The van der Waals surface area contributed by atoms with Gasteiger partial charge in [0.15, 0.2) is 5.96 Å². The lowest BCUT2D eigenvalue weighted by Gasteiger charge is -2.40. The Balaban J connectivity index is 0.00000225. The molecule has 6 heteroatoms. The van der Waals surface area contributed by atoms with Crippen LogP contribution in [0.15, 0.2) is 29.3 Å². The molecular weight excluding hydrogens is 463 g/mol. The van der Waals surface area contributed by atoms with Gasteiger partial charge in [-0.25, -0.2) is 0 Å². The number of benzene rings is 1. The van der Waals surface area contributed by atoms with Gasteiger partial charge in [-0.1, -0.05) is 18.2 Å². The number of rotatable bonds is 3. The number of hydrogen-bond donors (Lipinski definition) is 2. The molecule has 4 rings (SSSR count). The number of ether oxygens (including phenoxy) is 1. The number of halogens is 1. The average molecular weight is 498 g/mol. The van der Waals surface area contributed by atoms with Gasteiger partial charge in [0.05, 0.1) is 6.04 Å². The third-order valence-electron chi connectivity index (χ3n) is 6.53. The fourth-order valence-electron chi connectivity index (χ4n) is 5.11. The standard InChI is InChI=1S/C22H34N4O.HI/c1-23-21(24-15-17-8-7-13-26(2)16-17)25-19-14-22(11-5-6-12-22)27-20-10-4-3-9-18(19)20;/h3-4,9-10,17,19H,5-8,11-16H2,1-2H3,(H2,23,24,25);1H.